The Hall–Kier alpha value is -3.54. The minimum Gasteiger partial charge on any atom is -0.464 e. The summed E-state index contributed by atoms with van der Waals surface area (Å²) in [6.45, 7) is 4.01. The van der Waals surface area contributed by atoms with Crippen molar-refractivity contribution in [3.63, 3.8) is 0 Å². The van der Waals surface area contributed by atoms with Crippen LogP contribution < -0.4 is 10.9 Å². The molecule has 0 saturated heterocycles. The fraction of sp³-hybridized carbons (Fsp3) is 0.143. The quantitative estimate of drug-likeness (QED) is 0.488. The second kappa shape index (κ2) is 6.64. The fourth-order valence-electron chi connectivity index (χ4n) is 3.20. The molecule has 0 aliphatic rings. The van der Waals surface area contributed by atoms with Crippen LogP contribution in [0.25, 0.3) is 21.9 Å². The van der Waals surface area contributed by atoms with Crippen molar-refractivity contribution in [3.8, 4) is 0 Å². The van der Waals surface area contributed by atoms with Gasteiger partial charge in [0.05, 0.1) is 18.2 Å². The topological polar surface area (TPSA) is 87.1 Å². The molecule has 136 valence electrons. The van der Waals surface area contributed by atoms with Gasteiger partial charge in [0, 0.05) is 28.0 Å². The van der Waals surface area contributed by atoms with E-state index >= 15 is 0 Å². The molecule has 0 aliphatic carbocycles. The van der Waals surface area contributed by atoms with Gasteiger partial charge in [-0.2, -0.15) is 0 Å². The molecule has 0 spiro atoms. The highest BCUT2D eigenvalue weighted by atomic mass is 16.3. The highest BCUT2D eigenvalue weighted by Crippen LogP contribution is 2.26. The van der Waals surface area contributed by atoms with Gasteiger partial charge in [-0.25, -0.2) is 0 Å². The normalized spacial score (nSPS) is 11.0. The summed E-state index contributed by atoms with van der Waals surface area (Å²) < 4.78 is 5.62. The SMILES string of the molecule is Cc1ccc2c(CC(=O)NNC(=O)c3c[nH]c4ccccc34)coc2c1C. The second-order valence-electron chi connectivity index (χ2n) is 6.57. The molecule has 0 aliphatic heterocycles. The first-order chi connectivity index (χ1) is 13.0. The molecule has 6 heteroatoms. The number of carbonyl (C=O) groups excluding carboxylic acids is 2. The Morgan fingerprint density at radius 1 is 1.04 bits per heavy atom. The van der Waals surface area contributed by atoms with Crippen molar-refractivity contribution in [1.82, 2.24) is 15.8 Å². The number of rotatable bonds is 3. The first-order valence-electron chi connectivity index (χ1n) is 8.66. The Bertz CT molecular complexity index is 1170. The Labute approximate surface area is 155 Å². The largest absolute Gasteiger partial charge is 0.464 e. The first-order valence-corrected chi connectivity index (χ1v) is 8.66. The van der Waals surface area contributed by atoms with Crippen LogP contribution in [0.2, 0.25) is 0 Å². The lowest BCUT2D eigenvalue weighted by Crippen LogP contribution is -2.42. The third-order valence-electron chi connectivity index (χ3n) is 4.84. The van der Waals surface area contributed by atoms with Crippen LogP contribution in [-0.2, 0) is 11.2 Å². The monoisotopic (exact) mass is 361 g/mol. The first kappa shape index (κ1) is 16.9. The number of carbonyl (C=O) groups is 2. The zero-order valence-electron chi connectivity index (χ0n) is 15.1. The molecule has 3 N–H and O–H groups in total. The Morgan fingerprint density at radius 3 is 2.70 bits per heavy atom. The van der Waals surface area contributed by atoms with Gasteiger partial charge < -0.3 is 9.40 Å². The Kier molecular flexibility index (Phi) is 4.16. The van der Waals surface area contributed by atoms with E-state index in [4.69, 9.17) is 4.42 Å². The molecule has 0 bridgehead atoms. The van der Waals surface area contributed by atoms with Gasteiger partial charge in [0.1, 0.15) is 5.58 Å². The number of aromatic amines is 1. The molecule has 6 nitrogen and oxygen atoms in total. The van der Waals surface area contributed by atoms with Crippen LogP contribution in [0.5, 0.6) is 0 Å². The van der Waals surface area contributed by atoms with Crippen LogP contribution in [0.4, 0.5) is 0 Å². The summed E-state index contributed by atoms with van der Waals surface area (Å²) in [6.07, 6.45) is 3.34. The number of para-hydroxylation sites is 1. The van der Waals surface area contributed by atoms with Gasteiger partial charge in [0.15, 0.2) is 0 Å². The number of furan rings is 1. The molecular weight excluding hydrogens is 342 g/mol. The average molecular weight is 361 g/mol. The summed E-state index contributed by atoms with van der Waals surface area (Å²) in [5.74, 6) is -0.687. The summed E-state index contributed by atoms with van der Waals surface area (Å²) in [7, 11) is 0. The molecule has 4 aromatic rings. The molecule has 4 rings (SSSR count). The van der Waals surface area contributed by atoms with Gasteiger partial charge in [0.2, 0.25) is 5.91 Å². The van der Waals surface area contributed by atoms with E-state index in [9.17, 15) is 9.59 Å². The van der Waals surface area contributed by atoms with Crippen molar-refractivity contribution in [2.45, 2.75) is 20.3 Å². The zero-order valence-corrected chi connectivity index (χ0v) is 15.1. The summed E-state index contributed by atoms with van der Waals surface area (Å²) in [5.41, 5.74) is 10.1. The third-order valence-corrected chi connectivity index (χ3v) is 4.84. The number of nitrogens with one attached hydrogen (secondary N) is 3. The lowest BCUT2D eigenvalue weighted by Gasteiger charge is -2.06. The average Bonchev–Trinajstić information content (AvgIpc) is 3.27. The molecule has 0 unspecified atom stereocenters. The van der Waals surface area contributed by atoms with Gasteiger partial charge in [-0.3, -0.25) is 20.4 Å². The van der Waals surface area contributed by atoms with Crippen molar-refractivity contribution >= 4 is 33.7 Å². The van der Waals surface area contributed by atoms with Crippen LogP contribution in [0.3, 0.4) is 0 Å². The summed E-state index contributed by atoms with van der Waals surface area (Å²) >= 11 is 0. The van der Waals surface area contributed by atoms with Crippen molar-refractivity contribution in [3.05, 3.63) is 71.1 Å². The highest BCUT2D eigenvalue weighted by molar-refractivity contribution is 6.07. The highest BCUT2D eigenvalue weighted by Gasteiger charge is 2.15. The van der Waals surface area contributed by atoms with Gasteiger partial charge >= 0.3 is 0 Å². The zero-order chi connectivity index (χ0) is 19.0. The van der Waals surface area contributed by atoms with E-state index in [0.717, 1.165) is 38.6 Å². The number of aromatic nitrogens is 1. The standard InChI is InChI=1S/C21H19N3O3/c1-12-7-8-15-14(11-27-20(15)13(12)2)9-19(25)23-24-21(26)17-10-22-18-6-4-3-5-16(17)18/h3-8,10-11,22H,9H2,1-2H3,(H,23,25)(H,24,26). The van der Waals surface area contributed by atoms with E-state index in [1.165, 1.54) is 0 Å². The number of amides is 2. The van der Waals surface area contributed by atoms with Gasteiger partial charge in [0.25, 0.3) is 5.91 Å². The van der Waals surface area contributed by atoms with Gasteiger partial charge in [-0.15, -0.1) is 0 Å². The van der Waals surface area contributed by atoms with Crippen LogP contribution >= 0.6 is 0 Å². The van der Waals surface area contributed by atoms with E-state index in [1.54, 1.807) is 12.5 Å². The molecule has 0 fully saturated rings. The van der Waals surface area contributed by atoms with Gasteiger partial charge in [-0.1, -0.05) is 30.3 Å². The van der Waals surface area contributed by atoms with E-state index in [1.807, 2.05) is 50.2 Å². The second-order valence-corrected chi connectivity index (χ2v) is 6.57. The number of hydrazine groups is 1. The Morgan fingerprint density at radius 2 is 1.85 bits per heavy atom. The molecule has 27 heavy (non-hydrogen) atoms. The number of hydrogen-bond acceptors (Lipinski definition) is 3. The Balaban J connectivity index is 1.44. The lowest BCUT2D eigenvalue weighted by atomic mass is 10.0. The number of fused-ring (bicyclic) bond motifs is 2. The minimum absolute atomic E-state index is 0.115. The van der Waals surface area contributed by atoms with Crippen LogP contribution in [0.15, 0.2) is 53.3 Å². The molecule has 2 amide bonds. The lowest BCUT2D eigenvalue weighted by molar-refractivity contribution is -0.121. The van der Waals surface area contributed by atoms with Crippen molar-refractivity contribution in [1.29, 1.82) is 0 Å². The summed E-state index contributed by atoms with van der Waals surface area (Å²) in [6, 6.07) is 11.4. The van der Waals surface area contributed by atoms with Crippen LogP contribution in [0.1, 0.15) is 27.0 Å². The van der Waals surface area contributed by atoms with E-state index in [2.05, 4.69) is 15.8 Å². The number of H-pyrrole nitrogens is 1. The predicted octanol–water partition coefficient (Wildman–Crippen LogP) is 3.53. The number of hydrogen-bond donors (Lipinski definition) is 3. The smallest absolute Gasteiger partial charge is 0.271 e. The summed E-state index contributed by atoms with van der Waals surface area (Å²) in [5, 5.41) is 1.71. The molecule has 0 saturated carbocycles. The minimum atomic E-state index is -0.371. The predicted molar refractivity (Wildman–Crippen MR) is 103 cm³/mol. The summed E-state index contributed by atoms with van der Waals surface area (Å²) in [4.78, 5) is 27.7. The van der Waals surface area contributed by atoms with Crippen molar-refractivity contribution in [2.24, 2.45) is 0 Å². The maximum Gasteiger partial charge on any atom is 0.271 e. The maximum atomic E-state index is 12.4. The van der Waals surface area contributed by atoms with Crippen molar-refractivity contribution in [2.75, 3.05) is 0 Å². The molecule has 0 radical (unpaired) electrons. The van der Waals surface area contributed by atoms with Crippen molar-refractivity contribution < 1.29 is 14.0 Å². The van der Waals surface area contributed by atoms with Crippen LogP contribution in [-0.4, -0.2) is 16.8 Å². The molecule has 2 aromatic carbocycles. The van der Waals surface area contributed by atoms with E-state index in [-0.39, 0.29) is 18.2 Å². The van der Waals surface area contributed by atoms with Crippen LogP contribution in [0, 0.1) is 13.8 Å². The molecule has 0 atom stereocenters. The fourth-order valence-corrected chi connectivity index (χ4v) is 3.20. The third kappa shape index (κ3) is 3.06. The van der Waals surface area contributed by atoms with Gasteiger partial charge in [-0.05, 0) is 31.0 Å². The van der Waals surface area contributed by atoms with E-state index in [0.29, 0.717) is 5.56 Å². The van der Waals surface area contributed by atoms with E-state index < -0.39 is 0 Å². The number of aryl methyl sites for hydroxylation is 2. The maximum absolute atomic E-state index is 12.4. The molecule has 2 aromatic heterocycles. The number of benzene rings is 2. The molecule has 2 heterocycles. The molecular formula is C21H19N3O3.